The topological polar surface area (TPSA) is 30.5 Å². The largest absolute Gasteiger partial charge is 0.496 e. The lowest BCUT2D eigenvalue weighted by Gasteiger charge is -2.15. The van der Waals surface area contributed by atoms with Crippen molar-refractivity contribution in [2.75, 3.05) is 14.2 Å². The van der Waals surface area contributed by atoms with Gasteiger partial charge >= 0.3 is 6.18 Å². The van der Waals surface area contributed by atoms with Crippen LogP contribution < -0.4 is 10.2 Å². The zero-order valence-electron chi connectivity index (χ0n) is 8.89. The van der Waals surface area contributed by atoms with E-state index in [9.17, 15) is 13.2 Å². The number of para-hydroxylation sites is 1. The number of hydroxylamine groups is 1. The summed E-state index contributed by atoms with van der Waals surface area (Å²) in [6.45, 7) is 0.142. The molecule has 0 radical (unpaired) electrons. The fraction of sp³-hybridized carbons (Fsp3) is 0.400. The minimum atomic E-state index is -4.42. The minimum absolute atomic E-state index is 0.142. The van der Waals surface area contributed by atoms with Crippen molar-refractivity contribution in [3.8, 4) is 5.75 Å². The van der Waals surface area contributed by atoms with Gasteiger partial charge in [-0.1, -0.05) is 12.1 Å². The molecule has 1 aromatic rings. The molecule has 0 aromatic heterocycles. The van der Waals surface area contributed by atoms with Gasteiger partial charge in [-0.3, -0.25) is 0 Å². The number of benzene rings is 1. The maximum atomic E-state index is 12.6. The van der Waals surface area contributed by atoms with Crippen LogP contribution in [0.3, 0.4) is 0 Å². The molecule has 1 aromatic carbocycles. The molecule has 3 nitrogen and oxygen atoms in total. The van der Waals surface area contributed by atoms with E-state index >= 15 is 0 Å². The van der Waals surface area contributed by atoms with Crippen molar-refractivity contribution in [3.63, 3.8) is 0 Å². The first-order valence-corrected chi connectivity index (χ1v) is 4.49. The molecule has 90 valence electrons. The van der Waals surface area contributed by atoms with Crippen LogP contribution in [0.5, 0.6) is 5.75 Å². The van der Waals surface area contributed by atoms with Gasteiger partial charge in [-0.15, -0.1) is 0 Å². The lowest BCUT2D eigenvalue weighted by atomic mass is 10.1. The molecular formula is C10H12F3NO2. The van der Waals surface area contributed by atoms with E-state index in [1.807, 2.05) is 0 Å². The van der Waals surface area contributed by atoms with Crippen LogP contribution in [-0.2, 0) is 17.6 Å². The zero-order chi connectivity index (χ0) is 12.2. The average molecular weight is 235 g/mol. The summed E-state index contributed by atoms with van der Waals surface area (Å²) in [5.41, 5.74) is 2.07. The maximum absolute atomic E-state index is 12.6. The molecule has 16 heavy (non-hydrogen) atoms. The van der Waals surface area contributed by atoms with Crippen molar-refractivity contribution in [2.45, 2.75) is 12.7 Å². The van der Waals surface area contributed by atoms with Crippen molar-refractivity contribution in [2.24, 2.45) is 0 Å². The summed E-state index contributed by atoms with van der Waals surface area (Å²) in [6.07, 6.45) is -4.42. The summed E-state index contributed by atoms with van der Waals surface area (Å²) in [5, 5.41) is 0. The quantitative estimate of drug-likeness (QED) is 0.813. The number of hydrogen-bond acceptors (Lipinski definition) is 3. The Kier molecular flexibility index (Phi) is 4.14. The van der Waals surface area contributed by atoms with Crippen LogP contribution in [0.1, 0.15) is 11.1 Å². The number of alkyl halides is 3. The predicted octanol–water partition coefficient (Wildman–Crippen LogP) is 2.37. The molecule has 0 aliphatic carbocycles. The van der Waals surface area contributed by atoms with Crippen LogP contribution in [0, 0.1) is 0 Å². The third-order valence-electron chi connectivity index (χ3n) is 2.01. The van der Waals surface area contributed by atoms with Crippen LogP contribution in [0.15, 0.2) is 18.2 Å². The molecule has 0 saturated carbocycles. The Labute approximate surface area is 91.1 Å². The fourth-order valence-electron chi connectivity index (χ4n) is 1.34. The molecule has 0 bridgehead atoms. The van der Waals surface area contributed by atoms with E-state index < -0.39 is 11.7 Å². The molecule has 0 saturated heterocycles. The number of hydrogen-bond donors (Lipinski definition) is 1. The predicted molar refractivity (Wildman–Crippen MR) is 51.8 cm³/mol. The Bertz CT molecular complexity index is 352. The molecule has 0 aliphatic heterocycles. The van der Waals surface area contributed by atoms with E-state index in [0.29, 0.717) is 5.56 Å². The summed E-state index contributed by atoms with van der Waals surface area (Å²) >= 11 is 0. The van der Waals surface area contributed by atoms with Crippen molar-refractivity contribution < 1.29 is 22.7 Å². The molecule has 0 unspecified atom stereocenters. The third kappa shape index (κ3) is 2.86. The van der Waals surface area contributed by atoms with Gasteiger partial charge in [-0.25, -0.2) is 0 Å². The lowest BCUT2D eigenvalue weighted by molar-refractivity contribution is -0.138. The van der Waals surface area contributed by atoms with E-state index in [2.05, 4.69) is 10.3 Å². The second-order valence-corrected chi connectivity index (χ2v) is 3.02. The van der Waals surface area contributed by atoms with Crippen LogP contribution in [0.25, 0.3) is 0 Å². The Balaban J connectivity index is 3.11. The summed E-state index contributed by atoms with van der Waals surface area (Å²) in [4.78, 5) is 4.58. The van der Waals surface area contributed by atoms with E-state index in [1.54, 1.807) is 6.07 Å². The Morgan fingerprint density at radius 2 is 1.94 bits per heavy atom. The van der Waals surface area contributed by atoms with E-state index in [-0.39, 0.29) is 12.3 Å². The van der Waals surface area contributed by atoms with Crippen LogP contribution in [0.4, 0.5) is 13.2 Å². The van der Waals surface area contributed by atoms with Gasteiger partial charge in [-0.05, 0) is 6.07 Å². The smallest absolute Gasteiger partial charge is 0.419 e. The van der Waals surface area contributed by atoms with Gasteiger partial charge in [0.1, 0.15) is 5.75 Å². The Morgan fingerprint density at radius 3 is 2.44 bits per heavy atom. The molecule has 0 amide bonds. The number of nitrogens with one attached hydrogen (secondary N) is 1. The van der Waals surface area contributed by atoms with Gasteiger partial charge in [0.25, 0.3) is 0 Å². The summed E-state index contributed by atoms with van der Waals surface area (Å²) < 4.78 is 42.6. The van der Waals surface area contributed by atoms with Gasteiger partial charge in [0.05, 0.1) is 19.8 Å². The zero-order valence-corrected chi connectivity index (χ0v) is 8.89. The van der Waals surface area contributed by atoms with Gasteiger partial charge in [-0.2, -0.15) is 18.7 Å². The lowest BCUT2D eigenvalue weighted by Crippen LogP contribution is -2.14. The number of halogens is 3. The van der Waals surface area contributed by atoms with Crippen molar-refractivity contribution >= 4 is 0 Å². The number of rotatable bonds is 4. The highest BCUT2D eigenvalue weighted by Gasteiger charge is 2.34. The van der Waals surface area contributed by atoms with Crippen molar-refractivity contribution in [1.82, 2.24) is 5.48 Å². The summed E-state index contributed by atoms with van der Waals surface area (Å²) in [7, 11) is 2.60. The summed E-state index contributed by atoms with van der Waals surface area (Å²) in [5.74, 6) is -0.181. The van der Waals surface area contributed by atoms with Crippen molar-refractivity contribution in [3.05, 3.63) is 29.3 Å². The van der Waals surface area contributed by atoms with E-state index in [4.69, 9.17) is 4.74 Å². The number of ether oxygens (including phenoxy) is 1. The molecule has 0 spiro atoms. The molecule has 0 atom stereocenters. The monoisotopic (exact) mass is 235 g/mol. The normalized spacial score (nSPS) is 11.6. The van der Waals surface area contributed by atoms with Gasteiger partial charge < -0.3 is 9.57 Å². The van der Waals surface area contributed by atoms with Crippen molar-refractivity contribution in [1.29, 1.82) is 0 Å². The average Bonchev–Trinajstić information content (AvgIpc) is 2.24. The first-order valence-electron chi connectivity index (χ1n) is 4.49. The first-order chi connectivity index (χ1) is 7.50. The van der Waals surface area contributed by atoms with E-state index in [1.165, 1.54) is 20.3 Å². The molecule has 6 heteroatoms. The number of methoxy groups -OCH3 is 1. The molecule has 0 fully saturated rings. The molecule has 0 aliphatic rings. The van der Waals surface area contributed by atoms with E-state index in [0.717, 1.165) is 6.07 Å². The fourth-order valence-corrected chi connectivity index (χ4v) is 1.34. The molecule has 1 rings (SSSR count). The second kappa shape index (κ2) is 5.18. The highest BCUT2D eigenvalue weighted by Crippen LogP contribution is 2.37. The van der Waals surface area contributed by atoms with Crippen LogP contribution >= 0.6 is 0 Å². The standard InChI is InChI=1S/C10H12F3NO2/c1-15-9-7(6-14-16-2)4-3-5-8(9)10(11,12)13/h3-5,14H,6H2,1-2H3. The van der Waals surface area contributed by atoms with Crippen LogP contribution in [0.2, 0.25) is 0 Å². The Morgan fingerprint density at radius 1 is 1.25 bits per heavy atom. The summed E-state index contributed by atoms with van der Waals surface area (Å²) in [6, 6.07) is 3.85. The highest BCUT2D eigenvalue weighted by molar-refractivity contribution is 5.43. The molecule has 0 heterocycles. The maximum Gasteiger partial charge on any atom is 0.419 e. The molecular weight excluding hydrogens is 223 g/mol. The van der Waals surface area contributed by atoms with Crippen LogP contribution in [-0.4, -0.2) is 14.2 Å². The van der Waals surface area contributed by atoms with Gasteiger partial charge in [0.2, 0.25) is 0 Å². The minimum Gasteiger partial charge on any atom is -0.496 e. The SMILES string of the molecule is CONCc1cccc(C(F)(F)F)c1OC. The van der Waals surface area contributed by atoms with Gasteiger partial charge in [0.15, 0.2) is 0 Å². The second-order valence-electron chi connectivity index (χ2n) is 3.02. The first kappa shape index (κ1) is 12.8. The van der Waals surface area contributed by atoms with Gasteiger partial charge in [0, 0.05) is 12.1 Å². The molecule has 1 N–H and O–H groups in total. The Hall–Kier alpha value is -1.27. The third-order valence-corrected chi connectivity index (χ3v) is 2.01. The highest BCUT2D eigenvalue weighted by atomic mass is 19.4.